The van der Waals surface area contributed by atoms with E-state index in [9.17, 15) is 9.18 Å². The van der Waals surface area contributed by atoms with Crippen LogP contribution in [0.1, 0.15) is 22.8 Å². The Morgan fingerprint density at radius 3 is 3.00 bits per heavy atom. The molecule has 110 valence electrons. The molecule has 1 aromatic carbocycles. The number of hydrogen-bond acceptors (Lipinski definition) is 4. The van der Waals surface area contributed by atoms with Gasteiger partial charge < -0.3 is 5.32 Å². The van der Waals surface area contributed by atoms with Crippen LogP contribution < -0.4 is 5.32 Å². The summed E-state index contributed by atoms with van der Waals surface area (Å²) in [6.45, 7) is 0. The third kappa shape index (κ3) is 2.24. The van der Waals surface area contributed by atoms with Crippen molar-refractivity contribution in [3.8, 4) is 11.3 Å². The van der Waals surface area contributed by atoms with Gasteiger partial charge in [0.1, 0.15) is 11.5 Å². The summed E-state index contributed by atoms with van der Waals surface area (Å²) in [7, 11) is 0. The smallest absolute Gasteiger partial charge is 0.225 e. The molecule has 3 heterocycles. The number of aromatic nitrogens is 1. The molecule has 1 aliphatic rings. The van der Waals surface area contributed by atoms with Crippen LogP contribution in [-0.2, 0) is 4.79 Å². The first-order valence-electron chi connectivity index (χ1n) is 6.80. The van der Waals surface area contributed by atoms with E-state index in [4.69, 9.17) is 0 Å². The summed E-state index contributed by atoms with van der Waals surface area (Å²) in [4.78, 5) is 13.1. The summed E-state index contributed by atoms with van der Waals surface area (Å²) in [5, 5.41) is 6.98. The number of anilines is 1. The summed E-state index contributed by atoms with van der Waals surface area (Å²) >= 11 is 3.00. The van der Waals surface area contributed by atoms with Gasteiger partial charge in [-0.1, -0.05) is 12.1 Å². The van der Waals surface area contributed by atoms with Gasteiger partial charge in [0.25, 0.3) is 0 Å². The molecule has 22 heavy (non-hydrogen) atoms. The fourth-order valence-electron chi connectivity index (χ4n) is 2.71. The molecule has 0 radical (unpaired) electrons. The van der Waals surface area contributed by atoms with Crippen molar-refractivity contribution in [1.82, 2.24) is 4.37 Å². The minimum Gasteiger partial charge on any atom is -0.323 e. The van der Waals surface area contributed by atoms with E-state index >= 15 is 0 Å². The highest BCUT2D eigenvalue weighted by Gasteiger charge is 2.31. The first-order chi connectivity index (χ1) is 10.7. The molecule has 1 atom stereocenters. The summed E-state index contributed by atoms with van der Waals surface area (Å²) in [5.74, 6) is -0.299. The molecule has 0 aliphatic carbocycles. The molecular weight excluding hydrogens is 319 g/mol. The molecular formula is C16H11FN2OS2. The zero-order valence-electron chi connectivity index (χ0n) is 11.4. The maximum absolute atomic E-state index is 13.5. The molecule has 2 aromatic heterocycles. The molecule has 0 saturated carbocycles. The Hall–Kier alpha value is -2.05. The van der Waals surface area contributed by atoms with Crippen LogP contribution in [0, 0.1) is 5.82 Å². The van der Waals surface area contributed by atoms with Gasteiger partial charge in [-0.15, -0.1) is 0 Å². The molecule has 3 nitrogen and oxygen atoms in total. The number of amides is 1. The second-order valence-electron chi connectivity index (χ2n) is 5.14. The highest BCUT2D eigenvalue weighted by Crippen LogP contribution is 2.45. The van der Waals surface area contributed by atoms with Crippen LogP contribution in [-0.4, -0.2) is 10.3 Å². The Morgan fingerprint density at radius 1 is 1.32 bits per heavy atom. The van der Waals surface area contributed by atoms with Crippen molar-refractivity contribution in [1.29, 1.82) is 0 Å². The maximum Gasteiger partial charge on any atom is 0.225 e. The Labute approximate surface area is 134 Å². The lowest BCUT2D eigenvalue weighted by Gasteiger charge is -2.21. The van der Waals surface area contributed by atoms with Gasteiger partial charge in [0.15, 0.2) is 0 Å². The molecule has 1 unspecified atom stereocenters. The number of carbonyl (C=O) groups is 1. The van der Waals surface area contributed by atoms with Crippen molar-refractivity contribution in [2.45, 2.75) is 12.3 Å². The van der Waals surface area contributed by atoms with Gasteiger partial charge in [-0.05, 0) is 46.1 Å². The van der Waals surface area contributed by atoms with Gasteiger partial charge >= 0.3 is 0 Å². The zero-order valence-corrected chi connectivity index (χ0v) is 13.0. The fraction of sp³-hybridized carbons (Fsp3) is 0.125. The van der Waals surface area contributed by atoms with E-state index in [1.54, 1.807) is 23.5 Å². The Bertz CT molecular complexity index is 842. The van der Waals surface area contributed by atoms with Crippen LogP contribution in [0.3, 0.4) is 0 Å². The second kappa shape index (κ2) is 5.30. The van der Waals surface area contributed by atoms with Crippen molar-refractivity contribution in [2.75, 3.05) is 5.32 Å². The second-order valence-corrected chi connectivity index (χ2v) is 6.73. The first kappa shape index (κ1) is 13.6. The van der Waals surface area contributed by atoms with Crippen molar-refractivity contribution in [3.05, 3.63) is 57.3 Å². The van der Waals surface area contributed by atoms with Crippen LogP contribution in [0.15, 0.2) is 41.1 Å². The van der Waals surface area contributed by atoms with E-state index in [0.29, 0.717) is 17.7 Å². The van der Waals surface area contributed by atoms with Gasteiger partial charge in [0.05, 0.1) is 10.6 Å². The molecule has 0 fully saturated rings. The van der Waals surface area contributed by atoms with Gasteiger partial charge in [0.2, 0.25) is 5.91 Å². The molecule has 0 spiro atoms. The van der Waals surface area contributed by atoms with Crippen molar-refractivity contribution in [3.63, 3.8) is 0 Å². The van der Waals surface area contributed by atoms with Crippen LogP contribution >= 0.6 is 22.9 Å². The maximum atomic E-state index is 13.5. The largest absolute Gasteiger partial charge is 0.323 e. The lowest BCUT2D eigenvalue weighted by Crippen LogP contribution is -2.22. The minimum absolute atomic E-state index is 0.0263. The number of nitrogens with zero attached hydrogens (tertiary/aromatic N) is 1. The van der Waals surface area contributed by atoms with Crippen molar-refractivity contribution < 1.29 is 9.18 Å². The first-order valence-corrected chi connectivity index (χ1v) is 8.51. The van der Waals surface area contributed by atoms with Gasteiger partial charge in [0, 0.05) is 17.9 Å². The van der Waals surface area contributed by atoms with Gasteiger partial charge in [-0.3, -0.25) is 4.79 Å². The highest BCUT2D eigenvalue weighted by molar-refractivity contribution is 7.08. The Morgan fingerprint density at radius 2 is 2.23 bits per heavy atom. The van der Waals surface area contributed by atoms with Crippen LogP contribution in [0.25, 0.3) is 11.3 Å². The summed E-state index contributed by atoms with van der Waals surface area (Å²) in [6, 6.07) is 8.33. The number of fused-ring (bicyclic) bond motifs is 1. The predicted molar refractivity (Wildman–Crippen MR) is 86.9 cm³/mol. The molecule has 3 aromatic rings. The van der Waals surface area contributed by atoms with Crippen LogP contribution in [0.4, 0.5) is 10.1 Å². The molecule has 0 saturated heterocycles. The third-order valence-corrected chi connectivity index (χ3v) is 5.39. The summed E-state index contributed by atoms with van der Waals surface area (Å²) in [5.41, 5.74) is 3.19. The molecule has 1 aliphatic heterocycles. The number of halogens is 1. The molecule has 1 N–H and O–H groups in total. The van der Waals surface area contributed by atoms with Crippen LogP contribution in [0.5, 0.6) is 0 Å². The number of nitrogens with one attached hydrogen (secondary N) is 1. The molecule has 4 rings (SSSR count). The van der Waals surface area contributed by atoms with E-state index < -0.39 is 0 Å². The van der Waals surface area contributed by atoms with Gasteiger partial charge in [-0.2, -0.15) is 15.7 Å². The van der Waals surface area contributed by atoms with Gasteiger partial charge in [-0.25, -0.2) is 4.39 Å². The summed E-state index contributed by atoms with van der Waals surface area (Å²) in [6.07, 6.45) is 0.425. The normalized spacial score (nSPS) is 17.1. The van der Waals surface area contributed by atoms with E-state index in [1.807, 2.05) is 11.4 Å². The topological polar surface area (TPSA) is 42.0 Å². The quantitative estimate of drug-likeness (QED) is 0.752. The molecule has 0 bridgehead atoms. The van der Waals surface area contributed by atoms with E-state index in [0.717, 1.165) is 16.1 Å². The third-order valence-electron chi connectivity index (χ3n) is 3.73. The number of rotatable bonds is 2. The minimum atomic E-state index is -0.309. The highest BCUT2D eigenvalue weighted by atomic mass is 32.1. The van der Waals surface area contributed by atoms with E-state index in [1.165, 1.54) is 23.7 Å². The fourth-order valence-corrected chi connectivity index (χ4v) is 4.39. The van der Waals surface area contributed by atoms with Crippen molar-refractivity contribution >= 4 is 34.5 Å². The molecule has 1 amide bonds. The predicted octanol–water partition coefficient (Wildman–Crippen LogP) is 4.48. The Balaban J connectivity index is 1.84. The number of thiophene rings is 1. The van der Waals surface area contributed by atoms with Crippen LogP contribution in [0.2, 0.25) is 0 Å². The lowest BCUT2D eigenvalue weighted by molar-refractivity contribution is -0.116. The number of hydrogen-bond donors (Lipinski definition) is 1. The van der Waals surface area contributed by atoms with Crippen molar-refractivity contribution in [2.24, 2.45) is 0 Å². The average molecular weight is 330 g/mol. The Kier molecular flexibility index (Phi) is 3.28. The molecule has 6 heteroatoms. The number of carbonyl (C=O) groups excluding carboxylic acids is 1. The standard InChI is InChI=1S/C16H11FN2OS2/c17-11-3-1-2-9(6-11)14-15-16(22-19-14)12(7-13(20)18-15)10-4-5-21-8-10/h1-6,8,12H,7H2,(H,18,20). The van der Waals surface area contributed by atoms with E-state index in [2.05, 4.69) is 15.1 Å². The van der Waals surface area contributed by atoms with E-state index in [-0.39, 0.29) is 17.6 Å². The zero-order chi connectivity index (χ0) is 15.1. The SMILES string of the molecule is O=C1CC(c2ccsc2)c2snc(-c3cccc(F)c3)c2N1. The summed E-state index contributed by atoms with van der Waals surface area (Å²) < 4.78 is 17.9. The number of benzene rings is 1. The monoisotopic (exact) mass is 330 g/mol. The average Bonchev–Trinajstić information content (AvgIpc) is 3.16. The lowest BCUT2D eigenvalue weighted by atomic mass is 9.91.